The zero-order valence-corrected chi connectivity index (χ0v) is 15.3. The Bertz CT molecular complexity index is 825. The molecule has 2 rings (SSSR count). The topological polar surface area (TPSA) is 49.4 Å². The number of amides is 2. The minimum atomic E-state index is -4.59. The van der Waals surface area contributed by atoms with E-state index in [1.54, 1.807) is 31.2 Å². The van der Waals surface area contributed by atoms with Gasteiger partial charge in [-0.1, -0.05) is 41.9 Å². The van der Waals surface area contributed by atoms with Crippen molar-refractivity contribution in [3.05, 3.63) is 64.7 Å². The SMILES string of the molecule is CCN(CC(=O)Nc1ccccc1C(F)(F)F)C(=O)Cc1ccccc1Cl. The molecule has 0 saturated heterocycles. The molecule has 0 fully saturated rings. The fourth-order valence-corrected chi connectivity index (χ4v) is 2.70. The molecule has 0 aromatic heterocycles. The molecule has 0 bridgehead atoms. The molecular formula is C19H18ClF3N2O2. The summed E-state index contributed by atoms with van der Waals surface area (Å²) in [6, 6.07) is 11.5. The summed E-state index contributed by atoms with van der Waals surface area (Å²) in [6.45, 7) is 1.56. The van der Waals surface area contributed by atoms with Gasteiger partial charge in [0.2, 0.25) is 11.8 Å². The zero-order valence-electron chi connectivity index (χ0n) is 14.5. The fraction of sp³-hybridized carbons (Fsp3) is 0.263. The molecule has 2 aromatic rings. The zero-order chi connectivity index (χ0) is 20.0. The molecule has 1 N–H and O–H groups in total. The largest absolute Gasteiger partial charge is 0.418 e. The first-order valence-corrected chi connectivity index (χ1v) is 8.57. The molecule has 0 heterocycles. The smallest absolute Gasteiger partial charge is 0.333 e. The highest BCUT2D eigenvalue weighted by atomic mass is 35.5. The number of halogens is 4. The monoisotopic (exact) mass is 398 g/mol. The second-order valence-corrected chi connectivity index (χ2v) is 6.17. The lowest BCUT2D eigenvalue weighted by Gasteiger charge is -2.21. The highest BCUT2D eigenvalue weighted by molar-refractivity contribution is 6.31. The quantitative estimate of drug-likeness (QED) is 0.784. The van der Waals surface area contributed by atoms with Crippen LogP contribution in [-0.4, -0.2) is 29.8 Å². The van der Waals surface area contributed by atoms with Crippen LogP contribution in [0.5, 0.6) is 0 Å². The molecule has 144 valence electrons. The molecule has 2 amide bonds. The summed E-state index contributed by atoms with van der Waals surface area (Å²) in [6.07, 6.45) is -4.59. The van der Waals surface area contributed by atoms with E-state index in [9.17, 15) is 22.8 Å². The number of nitrogens with one attached hydrogen (secondary N) is 1. The van der Waals surface area contributed by atoms with Gasteiger partial charge in [-0.25, -0.2) is 0 Å². The first-order chi connectivity index (χ1) is 12.7. The number of benzene rings is 2. The van der Waals surface area contributed by atoms with E-state index in [4.69, 9.17) is 11.6 Å². The molecule has 0 spiro atoms. The van der Waals surface area contributed by atoms with Crippen molar-refractivity contribution in [3.8, 4) is 0 Å². The molecule has 2 aromatic carbocycles. The number of hydrogen-bond acceptors (Lipinski definition) is 2. The van der Waals surface area contributed by atoms with Crippen LogP contribution in [-0.2, 0) is 22.2 Å². The number of anilines is 1. The molecule has 0 radical (unpaired) electrons. The van der Waals surface area contributed by atoms with Crippen LogP contribution in [0.2, 0.25) is 5.02 Å². The fourth-order valence-electron chi connectivity index (χ4n) is 2.50. The maximum Gasteiger partial charge on any atom is 0.418 e. The van der Waals surface area contributed by atoms with Gasteiger partial charge in [0.1, 0.15) is 0 Å². The van der Waals surface area contributed by atoms with Gasteiger partial charge >= 0.3 is 6.18 Å². The van der Waals surface area contributed by atoms with E-state index in [-0.39, 0.29) is 31.1 Å². The lowest BCUT2D eigenvalue weighted by Crippen LogP contribution is -2.39. The summed E-state index contributed by atoms with van der Waals surface area (Å²) in [7, 11) is 0. The molecular weight excluding hydrogens is 381 g/mol. The van der Waals surface area contributed by atoms with Gasteiger partial charge in [-0.15, -0.1) is 0 Å². The van der Waals surface area contributed by atoms with Crippen molar-refractivity contribution in [2.75, 3.05) is 18.4 Å². The van der Waals surface area contributed by atoms with Crippen LogP contribution in [0.3, 0.4) is 0 Å². The number of para-hydroxylation sites is 1. The maximum absolute atomic E-state index is 13.0. The number of alkyl halides is 3. The van der Waals surface area contributed by atoms with Crippen molar-refractivity contribution in [2.45, 2.75) is 19.5 Å². The number of rotatable bonds is 6. The summed E-state index contributed by atoms with van der Waals surface area (Å²) in [4.78, 5) is 25.9. The Hall–Kier alpha value is -2.54. The Balaban J connectivity index is 2.05. The van der Waals surface area contributed by atoms with Crippen molar-refractivity contribution in [2.24, 2.45) is 0 Å². The number of nitrogens with zero attached hydrogens (tertiary/aromatic N) is 1. The standard InChI is InChI=1S/C19H18ClF3N2O2/c1-2-25(18(27)11-13-7-3-5-9-15(13)20)12-17(26)24-16-10-6-4-8-14(16)19(21,22)23/h3-10H,2,11-12H2,1H3,(H,24,26). The van der Waals surface area contributed by atoms with Crippen molar-refractivity contribution >= 4 is 29.1 Å². The van der Waals surface area contributed by atoms with Crippen LogP contribution in [0.15, 0.2) is 48.5 Å². The Kier molecular flexibility index (Phi) is 6.85. The molecule has 27 heavy (non-hydrogen) atoms. The van der Waals surface area contributed by atoms with Crippen molar-refractivity contribution in [3.63, 3.8) is 0 Å². The van der Waals surface area contributed by atoms with Crippen LogP contribution in [0, 0.1) is 0 Å². The first-order valence-electron chi connectivity index (χ1n) is 8.19. The van der Waals surface area contributed by atoms with Gasteiger partial charge in [0.15, 0.2) is 0 Å². The second-order valence-electron chi connectivity index (χ2n) is 5.77. The maximum atomic E-state index is 13.0. The van der Waals surface area contributed by atoms with E-state index in [1.807, 2.05) is 0 Å². The summed E-state index contributed by atoms with van der Waals surface area (Å²) in [5.41, 5.74) is -0.668. The average molecular weight is 399 g/mol. The van der Waals surface area contributed by atoms with Gasteiger partial charge in [0.25, 0.3) is 0 Å². The minimum absolute atomic E-state index is 0.0000680. The number of carbonyl (C=O) groups excluding carboxylic acids is 2. The molecule has 0 aliphatic carbocycles. The van der Waals surface area contributed by atoms with Gasteiger partial charge in [0.05, 0.1) is 24.2 Å². The molecule has 0 aliphatic heterocycles. The minimum Gasteiger partial charge on any atom is -0.333 e. The van der Waals surface area contributed by atoms with Crippen LogP contribution in [0.1, 0.15) is 18.1 Å². The Morgan fingerprint density at radius 1 is 1.07 bits per heavy atom. The number of carbonyl (C=O) groups is 2. The highest BCUT2D eigenvalue weighted by Gasteiger charge is 2.33. The normalized spacial score (nSPS) is 11.1. The number of hydrogen-bond donors (Lipinski definition) is 1. The van der Waals surface area contributed by atoms with E-state index >= 15 is 0 Å². The van der Waals surface area contributed by atoms with Crippen LogP contribution in [0.25, 0.3) is 0 Å². The van der Waals surface area contributed by atoms with Crippen LogP contribution in [0.4, 0.5) is 18.9 Å². The Morgan fingerprint density at radius 3 is 2.33 bits per heavy atom. The summed E-state index contributed by atoms with van der Waals surface area (Å²) in [5, 5.41) is 2.67. The van der Waals surface area contributed by atoms with Gasteiger partial charge in [-0.3, -0.25) is 9.59 Å². The summed E-state index contributed by atoms with van der Waals surface area (Å²) < 4.78 is 39.0. The molecule has 4 nitrogen and oxygen atoms in total. The predicted molar refractivity (Wildman–Crippen MR) is 97.5 cm³/mol. The van der Waals surface area contributed by atoms with E-state index in [1.165, 1.54) is 23.1 Å². The molecule has 0 aliphatic rings. The lowest BCUT2D eigenvalue weighted by atomic mass is 10.1. The van der Waals surface area contributed by atoms with Gasteiger partial charge in [0, 0.05) is 11.6 Å². The van der Waals surface area contributed by atoms with Crippen molar-refractivity contribution < 1.29 is 22.8 Å². The van der Waals surface area contributed by atoms with E-state index in [0.717, 1.165) is 6.07 Å². The number of likely N-dealkylation sites (N-methyl/N-ethyl adjacent to an activating group) is 1. The second kappa shape index (κ2) is 8.90. The molecule has 8 heteroatoms. The molecule has 0 atom stereocenters. The van der Waals surface area contributed by atoms with E-state index in [0.29, 0.717) is 10.6 Å². The lowest BCUT2D eigenvalue weighted by molar-refractivity contribution is -0.137. The van der Waals surface area contributed by atoms with Crippen LogP contribution < -0.4 is 5.32 Å². The van der Waals surface area contributed by atoms with Crippen LogP contribution >= 0.6 is 11.6 Å². The van der Waals surface area contributed by atoms with Crippen molar-refractivity contribution in [1.29, 1.82) is 0 Å². The third kappa shape index (κ3) is 5.72. The Labute approximate surface area is 159 Å². The van der Waals surface area contributed by atoms with Crippen molar-refractivity contribution in [1.82, 2.24) is 4.90 Å². The molecule has 0 saturated carbocycles. The predicted octanol–water partition coefficient (Wildman–Crippen LogP) is 4.39. The summed E-state index contributed by atoms with van der Waals surface area (Å²) in [5.74, 6) is -1.05. The van der Waals surface area contributed by atoms with Gasteiger partial charge in [-0.05, 0) is 30.7 Å². The van der Waals surface area contributed by atoms with Gasteiger partial charge in [-0.2, -0.15) is 13.2 Å². The molecule has 0 unspecified atom stereocenters. The third-order valence-corrected chi connectivity index (χ3v) is 4.24. The third-order valence-electron chi connectivity index (χ3n) is 3.87. The first kappa shape index (κ1) is 20.8. The van der Waals surface area contributed by atoms with Gasteiger partial charge < -0.3 is 10.2 Å². The van der Waals surface area contributed by atoms with E-state index in [2.05, 4.69) is 5.32 Å². The average Bonchev–Trinajstić information content (AvgIpc) is 2.61. The van der Waals surface area contributed by atoms with E-state index < -0.39 is 17.6 Å². The Morgan fingerprint density at radius 2 is 1.70 bits per heavy atom. The highest BCUT2D eigenvalue weighted by Crippen LogP contribution is 2.34. The summed E-state index contributed by atoms with van der Waals surface area (Å²) >= 11 is 6.03.